The van der Waals surface area contributed by atoms with Crippen LogP contribution in [0, 0.1) is 0 Å². The Morgan fingerprint density at radius 3 is 2.36 bits per heavy atom. The second-order valence-electron chi connectivity index (χ2n) is 7.77. The number of rotatable bonds is 5. The van der Waals surface area contributed by atoms with Gasteiger partial charge >= 0.3 is 0 Å². The van der Waals surface area contributed by atoms with Crippen LogP contribution in [-0.4, -0.2) is 22.2 Å². The van der Waals surface area contributed by atoms with Crippen molar-refractivity contribution in [2.24, 2.45) is 0 Å². The fraction of sp³-hybridized carbons (Fsp3) is 0.0714. The SMILES string of the molecule is COc1cccc(C(O)(c2cccnc2)c2ccc3ncc(-c4ccccc4)c(Cl)c3c2)c1. The van der Waals surface area contributed by atoms with E-state index in [1.54, 1.807) is 25.7 Å². The third-order valence-corrected chi connectivity index (χ3v) is 6.28. The maximum Gasteiger partial charge on any atom is 0.142 e. The van der Waals surface area contributed by atoms with Gasteiger partial charge in [-0.05, 0) is 47.0 Å². The van der Waals surface area contributed by atoms with Gasteiger partial charge in [0.05, 0.1) is 17.6 Å². The van der Waals surface area contributed by atoms with Gasteiger partial charge in [0.15, 0.2) is 0 Å². The minimum absolute atomic E-state index is 0.590. The van der Waals surface area contributed by atoms with Gasteiger partial charge in [0.25, 0.3) is 0 Å². The number of hydrogen-bond acceptors (Lipinski definition) is 4. The summed E-state index contributed by atoms with van der Waals surface area (Å²) in [5.41, 5.74) is 3.07. The molecule has 2 heterocycles. The van der Waals surface area contributed by atoms with Crippen molar-refractivity contribution in [3.05, 3.63) is 125 Å². The van der Waals surface area contributed by atoms with Gasteiger partial charge in [0, 0.05) is 35.1 Å². The lowest BCUT2D eigenvalue weighted by molar-refractivity contribution is 0.125. The molecule has 0 aliphatic heterocycles. The van der Waals surface area contributed by atoms with Gasteiger partial charge in [-0.3, -0.25) is 9.97 Å². The minimum Gasteiger partial charge on any atom is -0.497 e. The monoisotopic (exact) mass is 452 g/mol. The molecule has 0 saturated carbocycles. The Morgan fingerprint density at radius 2 is 1.61 bits per heavy atom. The number of pyridine rings is 2. The lowest BCUT2D eigenvalue weighted by Gasteiger charge is -2.30. The minimum atomic E-state index is -1.47. The summed E-state index contributed by atoms with van der Waals surface area (Å²) in [6.07, 6.45) is 5.14. The van der Waals surface area contributed by atoms with Crippen molar-refractivity contribution in [1.82, 2.24) is 9.97 Å². The highest BCUT2D eigenvalue weighted by Crippen LogP contribution is 2.40. The van der Waals surface area contributed by atoms with E-state index >= 15 is 0 Å². The van der Waals surface area contributed by atoms with Crippen LogP contribution >= 0.6 is 11.6 Å². The number of hydrogen-bond donors (Lipinski definition) is 1. The molecule has 0 radical (unpaired) electrons. The second-order valence-corrected chi connectivity index (χ2v) is 8.15. The van der Waals surface area contributed by atoms with E-state index in [1.807, 2.05) is 84.9 Å². The third kappa shape index (κ3) is 3.74. The van der Waals surface area contributed by atoms with Gasteiger partial charge in [-0.1, -0.05) is 66.2 Å². The van der Waals surface area contributed by atoms with Gasteiger partial charge in [0.2, 0.25) is 0 Å². The molecule has 0 fully saturated rings. The lowest BCUT2D eigenvalue weighted by Crippen LogP contribution is -2.29. The second kappa shape index (κ2) is 8.66. The molecule has 2 aromatic heterocycles. The predicted octanol–water partition coefficient (Wildman–Crippen LogP) is 6.24. The Labute approximate surface area is 197 Å². The molecule has 0 amide bonds. The molecule has 3 aromatic carbocycles. The van der Waals surface area contributed by atoms with Gasteiger partial charge in [-0.15, -0.1) is 0 Å². The van der Waals surface area contributed by atoms with E-state index in [1.165, 1.54) is 0 Å². The Kier molecular flexibility index (Phi) is 5.55. The fourth-order valence-corrected chi connectivity index (χ4v) is 4.44. The van der Waals surface area contributed by atoms with Crippen LogP contribution in [0.4, 0.5) is 0 Å². The number of methoxy groups -OCH3 is 1. The molecule has 4 nitrogen and oxygen atoms in total. The van der Waals surface area contributed by atoms with Crippen molar-refractivity contribution in [3.63, 3.8) is 0 Å². The average molecular weight is 453 g/mol. The number of ether oxygens (including phenoxy) is 1. The van der Waals surface area contributed by atoms with E-state index in [-0.39, 0.29) is 0 Å². The highest BCUT2D eigenvalue weighted by Gasteiger charge is 2.35. The number of aromatic nitrogens is 2. The molecule has 1 atom stereocenters. The Bertz CT molecular complexity index is 1420. The first-order valence-corrected chi connectivity index (χ1v) is 10.9. The summed E-state index contributed by atoms with van der Waals surface area (Å²) in [5.74, 6) is 0.654. The molecule has 1 N–H and O–H groups in total. The van der Waals surface area contributed by atoms with Crippen LogP contribution in [0.3, 0.4) is 0 Å². The highest BCUT2D eigenvalue weighted by molar-refractivity contribution is 6.38. The van der Waals surface area contributed by atoms with E-state index in [4.69, 9.17) is 16.3 Å². The third-order valence-electron chi connectivity index (χ3n) is 5.87. The van der Waals surface area contributed by atoms with Crippen LogP contribution < -0.4 is 4.74 Å². The van der Waals surface area contributed by atoms with Crippen molar-refractivity contribution in [2.75, 3.05) is 7.11 Å². The zero-order valence-corrected chi connectivity index (χ0v) is 18.7. The number of benzene rings is 3. The Hall–Kier alpha value is -3.73. The maximum absolute atomic E-state index is 12.2. The largest absolute Gasteiger partial charge is 0.497 e. The molecule has 162 valence electrons. The molecular formula is C28H21ClN2O2. The van der Waals surface area contributed by atoms with Gasteiger partial charge in [0.1, 0.15) is 11.4 Å². The Balaban J connectivity index is 1.75. The molecule has 5 heteroatoms. The molecule has 0 bridgehead atoms. The highest BCUT2D eigenvalue weighted by atomic mass is 35.5. The van der Waals surface area contributed by atoms with Crippen molar-refractivity contribution in [3.8, 4) is 16.9 Å². The van der Waals surface area contributed by atoms with Gasteiger partial charge in [-0.2, -0.15) is 0 Å². The molecule has 5 aromatic rings. The smallest absolute Gasteiger partial charge is 0.142 e. The summed E-state index contributed by atoms with van der Waals surface area (Å²) in [5, 5.41) is 13.6. The molecule has 0 saturated heterocycles. The summed E-state index contributed by atoms with van der Waals surface area (Å²) in [7, 11) is 1.61. The summed E-state index contributed by atoms with van der Waals surface area (Å²) in [6, 6.07) is 26.6. The molecule has 0 aliphatic rings. The number of nitrogens with zero attached hydrogens (tertiary/aromatic N) is 2. The lowest BCUT2D eigenvalue weighted by atomic mass is 9.80. The van der Waals surface area contributed by atoms with Crippen LogP contribution in [0.25, 0.3) is 22.0 Å². The van der Waals surface area contributed by atoms with Crippen LogP contribution in [-0.2, 0) is 5.60 Å². The fourth-order valence-electron chi connectivity index (χ4n) is 4.13. The molecule has 0 spiro atoms. The van der Waals surface area contributed by atoms with Crippen molar-refractivity contribution >= 4 is 22.5 Å². The first-order chi connectivity index (χ1) is 16.1. The summed E-state index contributed by atoms with van der Waals surface area (Å²) < 4.78 is 5.42. The van der Waals surface area contributed by atoms with Crippen LogP contribution in [0.1, 0.15) is 16.7 Å². The molecular weight excluding hydrogens is 432 g/mol. The molecule has 33 heavy (non-hydrogen) atoms. The predicted molar refractivity (Wildman–Crippen MR) is 132 cm³/mol. The average Bonchev–Trinajstić information content (AvgIpc) is 2.89. The van der Waals surface area contributed by atoms with E-state index in [2.05, 4.69) is 9.97 Å². The standard InChI is InChI=1S/C28H21ClN2O2/c1-33-23-11-5-9-20(15-23)28(32,22-10-6-14-30-17-22)21-12-13-26-24(16-21)27(29)25(18-31-26)19-7-3-2-4-8-19/h2-18,32H,1H3. The summed E-state index contributed by atoms with van der Waals surface area (Å²) >= 11 is 6.88. The number of aliphatic hydroxyl groups is 1. The summed E-state index contributed by atoms with van der Waals surface area (Å²) in [6.45, 7) is 0. The molecule has 5 rings (SSSR count). The summed E-state index contributed by atoms with van der Waals surface area (Å²) in [4.78, 5) is 8.86. The quantitative estimate of drug-likeness (QED) is 0.343. The van der Waals surface area contributed by atoms with Crippen molar-refractivity contribution in [2.45, 2.75) is 5.60 Å². The van der Waals surface area contributed by atoms with E-state index in [9.17, 15) is 5.11 Å². The van der Waals surface area contributed by atoms with Gasteiger partial charge < -0.3 is 9.84 Å². The van der Waals surface area contributed by atoms with E-state index < -0.39 is 5.60 Å². The van der Waals surface area contributed by atoms with Crippen LogP contribution in [0.15, 0.2) is 104 Å². The van der Waals surface area contributed by atoms with Gasteiger partial charge in [-0.25, -0.2) is 0 Å². The van der Waals surface area contributed by atoms with Crippen LogP contribution in [0.2, 0.25) is 5.02 Å². The molecule has 1 unspecified atom stereocenters. The van der Waals surface area contributed by atoms with Crippen molar-refractivity contribution in [1.29, 1.82) is 0 Å². The first kappa shape index (κ1) is 21.1. The topological polar surface area (TPSA) is 55.2 Å². The maximum atomic E-state index is 12.2. The van der Waals surface area contributed by atoms with E-state index in [0.717, 1.165) is 22.0 Å². The van der Waals surface area contributed by atoms with E-state index in [0.29, 0.717) is 27.5 Å². The normalized spacial score (nSPS) is 12.9. The Morgan fingerprint density at radius 1 is 0.818 bits per heavy atom. The zero-order chi connectivity index (χ0) is 22.8. The van der Waals surface area contributed by atoms with Crippen molar-refractivity contribution < 1.29 is 9.84 Å². The first-order valence-electron chi connectivity index (χ1n) is 10.5. The number of fused-ring (bicyclic) bond motifs is 1. The molecule has 0 aliphatic carbocycles. The zero-order valence-electron chi connectivity index (χ0n) is 17.9. The number of halogens is 1. The van der Waals surface area contributed by atoms with Crippen LogP contribution in [0.5, 0.6) is 5.75 Å².